The Bertz CT molecular complexity index is 493. The van der Waals surface area contributed by atoms with Crippen LogP contribution in [0.25, 0.3) is 0 Å². The summed E-state index contributed by atoms with van der Waals surface area (Å²) in [5.41, 5.74) is 5.92. The lowest BCUT2D eigenvalue weighted by Gasteiger charge is -2.36. The van der Waals surface area contributed by atoms with Crippen molar-refractivity contribution in [3.63, 3.8) is 0 Å². The number of ether oxygens (including phenoxy) is 1. The number of hydrogen-bond acceptors (Lipinski definition) is 5. The fourth-order valence-corrected chi connectivity index (χ4v) is 2.63. The quantitative estimate of drug-likeness (QED) is 0.851. The van der Waals surface area contributed by atoms with Crippen LogP contribution >= 0.6 is 12.4 Å². The van der Waals surface area contributed by atoms with Gasteiger partial charge in [0.05, 0.1) is 12.6 Å². The number of piperazine rings is 1. The Hall–Kier alpha value is -1.53. The third kappa shape index (κ3) is 5.25. The SMILES string of the molecule is CCCC(N)C(=O)N1CCN(c2cccc(OCC)n2)CC1.Cl. The van der Waals surface area contributed by atoms with Crippen LogP contribution in [0.1, 0.15) is 26.7 Å². The van der Waals surface area contributed by atoms with Crippen molar-refractivity contribution in [2.24, 2.45) is 5.73 Å². The molecular formula is C16H27ClN4O2. The first-order valence-corrected chi connectivity index (χ1v) is 8.04. The number of anilines is 1. The molecule has 0 radical (unpaired) electrons. The minimum atomic E-state index is -0.365. The van der Waals surface area contributed by atoms with E-state index in [9.17, 15) is 4.79 Å². The molecule has 1 aromatic rings. The van der Waals surface area contributed by atoms with Crippen LogP contribution in [0, 0.1) is 0 Å². The predicted molar refractivity (Wildman–Crippen MR) is 94.3 cm³/mol. The van der Waals surface area contributed by atoms with Gasteiger partial charge in [-0.15, -0.1) is 12.4 Å². The van der Waals surface area contributed by atoms with Gasteiger partial charge in [-0.05, 0) is 19.4 Å². The average Bonchev–Trinajstić information content (AvgIpc) is 2.55. The summed E-state index contributed by atoms with van der Waals surface area (Å²) in [5, 5.41) is 0. The van der Waals surface area contributed by atoms with Crippen molar-refractivity contribution in [1.29, 1.82) is 0 Å². The maximum Gasteiger partial charge on any atom is 0.239 e. The lowest BCUT2D eigenvalue weighted by atomic mass is 10.1. The van der Waals surface area contributed by atoms with E-state index >= 15 is 0 Å². The van der Waals surface area contributed by atoms with Gasteiger partial charge in [0.2, 0.25) is 11.8 Å². The number of amides is 1. The van der Waals surface area contributed by atoms with Crippen molar-refractivity contribution in [3.8, 4) is 5.88 Å². The average molecular weight is 343 g/mol. The van der Waals surface area contributed by atoms with Gasteiger partial charge in [0.15, 0.2) is 0 Å². The predicted octanol–water partition coefficient (Wildman–Crippen LogP) is 1.68. The highest BCUT2D eigenvalue weighted by molar-refractivity contribution is 5.85. The van der Waals surface area contributed by atoms with Crippen LogP contribution in [0.4, 0.5) is 5.82 Å². The molecule has 7 heteroatoms. The standard InChI is InChI=1S/C16H26N4O2.ClH/c1-3-6-13(17)16(21)20-11-9-19(10-12-20)14-7-5-8-15(18-14)22-4-2;/h5,7-8,13H,3-4,6,9-12,17H2,1-2H3;1H. The van der Waals surface area contributed by atoms with Crippen LogP contribution in [0.3, 0.4) is 0 Å². The lowest BCUT2D eigenvalue weighted by Crippen LogP contribution is -2.53. The molecule has 1 saturated heterocycles. The zero-order valence-electron chi connectivity index (χ0n) is 13.9. The normalized spacial score (nSPS) is 15.8. The Morgan fingerprint density at radius 3 is 2.61 bits per heavy atom. The maximum absolute atomic E-state index is 12.2. The van der Waals surface area contributed by atoms with Crippen molar-refractivity contribution in [2.75, 3.05) is 37.7 Å². The molecule has 0 spiro atoms. The monoisotopic (exact) mass is 342 g/mol. The van der Waals surface area contributed by atoms with Crippen molar-refractivity contribution in [2.45, 2.75) is 32.7 Å². The fourth-order valence-electron chi connectivity index (χ4n) is 2.63. The van der Waals surface area contributed by atoms with Gasteiger partial charge in [0.25, 0.3) is 0 Å². The number of hydrogen-bond donors (Lipinski definition) is 1. The van der Waals surface area contributed by atoms with Gasteiger partial charge >= 0.3 is 0 Å². The highest BCUT2D eigenvalue weighted by Gasteiger charge is 2.25. The second-order valence-corrected chi connectivity index (χ2v) is 5.47. The van der Waals surface area contributed by atoms with Crippen molar-refractivity contribution < 1.29 is 9.53 Å². The Labute approximate surface area is 144 Å². The third-order valence-electron chi connectivity index (χ3n) is 3.83. The van der Waals surface area contributed by atoms with Gasteiger partial charge < -0.3 is 20.3 Å². The second-order valence-electron chi connectivity index (χ2n) is 5.47. The van der Waals surface area contributed by atoms with Gasteiger partial charge in [-0.25, -0.2) is 0 Å². The number of carbonyl (C=O) groups is 1. The first-order valence-electron chi connectivity index (χ1n) is 8.04. The van der Waals surface area contributed by atoms with Gasteiger partial charge in [-0.1, -0.05) is 19.4 Å². The number of halogens is 1. The zero-order chi connectivity index (χ0) is 15.9. The van der Waals surface area contributed by atoms with Gasteiger partial charge in [-0.3, -0.25) is 4.79 Å². The third-order valence-corrected chi connectivity index (χ3v) is 3.83. The second kappa shape index (κ2) is 9.57. The molecule has 1 fully saturated rings. The van der Waals surface area contributed by atoms with E-state index in [4.69, 9.17) is 10.5 Å². The Kier molecular flexibility index (Phi) is 8.12. The molecule has 1 atom stereocenters. The molecule has 1 aliphatic rings. The van der Waals surface area contributed by atoms with Crippen molar-refractivity contribution >= 4 is 24.1 Å². The Morgan fingerprint density at radius 2 is 2.00 bits per heavy atom. The molecule has 2 N–H and O–H groups in total. The highest BCUT2D eigenvalue weighted by Crippen LogP contribution is 2.18. The molecule has 0 aliphatic carbocycles. The van der Waals surface area contributed by atoms with Crippen molar-refractivity contribution in [1.82, 2.24) is 9.88 Å². The summed E-state index contributed by atoms with van der Waals surface area (Å²) < 4.78 is 5.44. The maximum atomic E-state index is 12.2. The minimum Gasteiger partial charge on any atom is -0.478 e. The highest BCUT2D eigenvalue weighted by atomic mass is 35.5. The minimum absolute atomic E-state index is 0. The summed E-state index contributed by atoms with van der Waals surface area (Å²) >= 11 is 0. The van der Waals surface area contributed by atoms with Gasteiger partial charge in [0, 0.05) is 32.2 Å². The summed E-state index contributed by atoms with van der Waals surface area (Å²) in [5.74, 6) is 1.61. The lowest BCUT2D eigenvalue weighted by molar-refractivity contribution is -0.133. The summed E-state index contributed by atoms with van der Waals surface area (Å²) in [6, 6.07) is 5.41. The molecule has 2 heterocycles. The van der Waals surface area contributed by atoms with E-state index in [0.29, 0.717) is 25.6 Å². The molecule has 6 nitrogen and oxygen atoms in total. The first kappa shape index (κ1) is 19.5. The largest absolute Gasteiger partial charge is 0.478 e. The van der Waals surface area contributed by atoms with Crippen molar-refractivity contribution in [3.05, 3.63) is 18.2 Å². The van der Waals surface area contributed by atoms with E-state index in [1.165, 1.54) is 0 Å². The van der Waals surface area contributed by atoms with Crippen LogP contribution < -0.4 is 15.4 Å². The number of pyridine rings is 1. The number of carbonyl (C=O) groups excluding carboxylic acids is 1. The Balaban J connectivity index is 0.00000264. The molecule has 1 unspecified atom stereocenters. The van der Waals surface area contributed by atoms with Crippen LogP contribution in [-0.2, 0) is 4.79 Å². The summed E-state index contributed by atoms with van der Waals surface area (Å²) in [6.07, 6.45) is 1.68. The molecular weight excluding hydrogens is 316 g/mol. The van der Waals surface area contributed by atoms with Crippen LogP contribution in [-0.4, -0.2) is 54.6 Å². The van der Waals surface area contributed by atoms with E-state index in [0.717, 1.165) is 31.7 Å². The number of nitrogens with zero attached hydrogens (tertiary/aromatic N) is 3. The van der Waals surface area contributed by atoms with Gasteiger partial charge in [-0.2, -0.15) is 4.98 Å². The summed E-state index contributed by atoms with van der Waals surface area (Å²) in [7, 11) is 0. The summed E-state index contributed by atoms with van der Waals surface area (Å²) in [6.45, 7) is 7.52. The van der Waals surface area contributed by atoms with Crippen LogP contribution in [0.15, 0.2) is 18.2 Å². The van der Waals surface area contributed by atoms with E-state index in [1.807, 2.05) is 36.9 Å². The van der Waals surface area contributed by atoms with E-state index in [1.54, 1.807) is 0 Å². The molecule has 0 bridgehead atoms. The summed E-state index contributed by atoms with van der Waals surface area (Å²) in [4.78, 5) is 20.8. The number of rotatable bonds is 6. The van der Waals surface area contributed by atoms with E-state index in [2.05, 4.69) is 9.88 Å². The van der Waals surface area contributed by atoms with Crippen LogP contribution in [0.2, 0.25) is 0 Å². The topological polar surface area (TPSA) is 71.7 Å². The molecule has 1 amide bonds. The van der Waals surface area contributed by atoms with E-state index in [-0.39, 0.29) is 24.4 Å². The Morgan fingerprint density at radius 1 is 1.30 bits per heavy atom. The first-order chi connectivity index (χ1) is 10.7. The van der Waals surface area contributed by atoms with Crippen LogP contribution in [0.5, 0.6) is 5.88 Å². The zero-order valence-corrected chi connectivity index (χ0v) is 14.7. The fraction of sp³-hybridized carbons (Fsp3) is 0.625. The molecule has 0 saturated carbocycles. The smallest absolute Gasteiger partial charge is 0.239 e. The number of aromatic nitrogens is 1. The molecule has 2 rings (SSSR count). The number of nitrogens with two attached hydrogens (primary N) is 1. The van der Waals surface area contributed by atoms with E-state index < -0.39 is 0 Å². The molecule has 0 aromatic carbocycles. The van der Waals surface area contributed by atoms with Gasteiger partial charge in [0.1, 0.15) is 5.82 Å². The molecule has 130 valence electrons. The molecule has 1 aliphatic heterocycles. The molecule has 1 aromatic heterocycles. The molecule has 23 heavy (non-hydrogen) atoms.